The molecule has 0 saturated heterocycles. The van der Waals surface area contributed by atoms with Crippen LogP contribution >= 0.6 is 11.6 Å². The molecule has 1 rings (SSSR count). The molecule has 13 heavy (non-hydrogen) atoms. The Labute approximate surface area is 79.4 Å². The summed E-state index contributed by atoms with van der Waals surface area (Å²) in [6.07, 6.45) is 0. The van der Waals surface area contributed by atoms with Crippen LogP contribution in [0.3, 0.4) is 0 Å². The summed E-state index contributed by atoms with van der Waals surface area (Å²) in [5, 5.41) is 0.170. The van der Waals surface area contributed by atoms with E-state index in [9.17, 15) is 8.78 Å². The molecule has 0 spiro atoms. The molecule has 0 atom stereocenters. The van der Waals surface area contributed by atoms with Crippen molar-refractivity contribution in [2.24, 2.45) is 0 Å². The minimum atomic E-state index is -0.953. The van der Waals surface area contributed by atoms with Crippen LogP contribution in [-0.4, -0.2) is 7.11 Å². The van der Waals surface area contributed by atoms with Gasteiger partial charge in [-0.05, 0) is 17.7 Å². The lowest BCUT2D eigenvalue weighted by atomic mass is 10.2. The van der Waals surface area contributed by atoms with E-state index in [-0.39, 0.29) is 11.6 Å². The predicted molar refractivity (Wildman–Crippen MR) is 45.2 cm³/mol. The van der Waals surface area contributed by atoms with Gasteiger partial charge in [0, 0.05) is 11.6 Å². The Morgan fingerprint density at radius 1 is 1.38 bits per heavy atom. The van der Waals surface area contributed by atoms with Crippen molar-refractivity contribution in [2.45, 2.75) is 6.54 Å². The Kier molecular flexibility index (Phi) is 3.59. The van der Waals surface area contributed by atoms with Crippen LogP contribution in [0.25, 0.3) is 0 Å². The predicted octanol–water partition coefficient (Wildman–Crippen LogP) is 2.27. The quantitative estimate of drug-likeness (QED) is 0.607. The van der Waals surface area contributed by atoms with E-state index in [1.807, 2.05) is 0 Å². The van der Waals surface area contributed by atoms with E-state index in [2.05, 4.69) is 10.3 Å². The van der Waals surface area contributed by atoms with Gasteiger partial charge in [0.2, 0.25) is 0 Å². The third-order valence-corrected chi connectivity index (χ3v) is 1.85. The molecule has 72 valence electrons. The van der Waals surface area contributed by atoms with E-state index in [4.69, 9.17) is 11.6 Å². The van der Waals surface area contributed by atoms with E-state index < -0.39 is 11.6 Å². The molecule has 0 amide bonds. The second-order valence-electron chi connectivity index (χ2n) is 2.38. The zero-order chi connectivity index (χ0) is 9.84. The molecule has 0 aliphatic heterocycles. The summed E-state index contributed by atoms with van der Waals surface area (Å²) in [5.41, 5.74) is 2.93. The van der Waals surface area contributed by atoms with Gasteiger partial charge < -0.3 is 4.84 Å². The van der Waals surface area contributed by atoms with Gasteiger partial charge in [-0.2, -0.15) is 5.48 Å². The summed E-state index contributed by atoms with van der Waals surface area (Å²) in [6, 6.07) is 1.97. The Morgan fingerprint density at radius 2 is 2.00 bits per heavy atom. The van der Waals surface area contributed by atoms with Gasteiger partial charge in [-0.25, -0.2) is 8.78 Å². The van der Waals surface area contributed by atoms with Crippen LogP contribution in [0.1, 0.15) is 5.56 Å². The monoisotopic (exact) mass is 207 g/mol. The maximum atomic E-state index is 12.7. The zero-order valence-corrected chi connectivity index (χ0v) is 7.66. The van der Waals surface area contributed by atoms with Gasteiger partial charge in [0.1, 0.15) is 0 Å². The van der Waals surface area contributed by atoms with Crippen molar-refractivity contribution in [3.8, 4) is 0 Å². The molecule has 0 saturated carbocycles. The standard InChI is InChI=1S/C8H8ClF2NO/c1-13-12-4-5-2-7(10)8(11)3-6(5)9/h2-3,12H,4H2,1H3. The first kappa shape index (κ1) is 10.4. The lowest BCUT2D eigenvalue weighted by Gasteiger charge is -2.05. The molecule has 0 heterocycles. The zero-order valence-electron chi connectivity index (χ0n) is 6.90. The van der Waals surface area contributed by atoms with E-state index in [1.165, 1.54) is 7.11 Å². The van der Waals surface area contributed by atoms with Crippen molar-refractivity contribution in [2.75, 3.05) is 7.11 Å². The average molecular weight is 208 g/mol. The smallest absolute Gasteiger partial charge is 0.160 e. The fraction of sp³-hybridized carbons (Fsp3) is 0.250. The fourth-order valence-electron chi connectivity index (χ4n) is 0.849. The summed E-state index contributed by atoms with van der Waals surface area (Å²) in [5.74, 6) is -1.87. The maximum absolute atomic E-state index is 12.7. The Bertz CT molecular complexity index is 306. The lowest BCUT2D eigenvalue weighted by Crippen LogP contribution is -2.11. The summed E-state index contributed by atoms with van der Waals surface area (Å²) in [6.45, 7) is 0.229. The molecule has 0 unspecified atom stereocenters. The first-order valence-electron chi connectivity index (χ1n) is 3.54. The van der Waals surface area contributed by atoms with Gasteiger partial charge in [0.15, 0.2) is 11.6 Å². The van der Waals surface area contributed by atoms with Gasteiger partial charge in [-0.15, -0.1) is 0 Å². The fourth-order valence-corrected chi connectivity index (χ4v) is 1.07. The molecule has 0 aromatic heterocycles. The molecule has 1 N–H and O–H groups in total. The highest BCUT2D eigenvalue weighted by atomic mass is 35.5. The molecule has 1 aromatic rings. The topological polar surface area (TPSA) is 21.3 Å². The molecule has 0 bridgehead atoms. The first-order valence-corrected chi connectivity index (χ1v) is 3.92. The normalized spacial score (nSPS) is 10.5. The van der Waals surface area contributed by atoms with Crippen LogP contribution in [0.2, 0.25) is 5.02 Å². The average Bonchev–Trinajstić information content (AvgIpc) is 2.09. The van der Waals surface area contributed by atoms with E-state index >= 15 is 0 Å². The molecule has 5 heteroatoms. The van der Waals surface area contributed by atoms with Crippen molar-refractivity contribution in [3.05, 3.63) is 34.4 Å². The SMILES string of the molecule is CONCc1cc(F)c(F)cc1Cl. The summed E-state index contributed by atoms with van der Waals surface area (Å²) >= 11 is 5.64. The number of hydrogen-bond donors (Lipinski definition) is 1. The summed E-state index contributed by atoms with van der Waals surface area (Å²) in [7, 11) is 1.42. The molecular formula is C8H8ClF2NO. The van der Waals surface area contributed by atoms with Crippen LogP contribution in [0.15, 0.2) is 12.1 Å². The van der Waals surface area contributed by atoms with E-state index in [1.54, 1.807) is 0 Å². The second kappa shape index (κ2) is 4.50. The second-order valence-corrected chi connectivity index (χ2v) is 2.79. The Hall–Kier alpha value is -0.710. The van der Waals surface area contributed by atoms with Crippen LogP contribution in [0.5, 0.6) is 0 Å². The highest BCUT2D eigenvalue weighted by Crippen LogP contribution is 2.19. The molecule has 1 aromatic carbocycles. The van der Waals surface area contributed by atoms with Crippen LogP contribution in [0, 0.1) is 11.6 Å². The maximum Gasteiger partial charge on any atom is 0.160 e. The van der Waals surface area contributed by atoms with E-state index in [0.717, 1.165) is 12.1 Å². The van der Waals surface area contributed by atoms with Gasteiger partial charge in [0.05, 0.1) is 7.11 Å². The molecular weight excluding hydrogens is 200 g/mol. The molecule has 0 aliphatic carbocycles. The minimum absolute atomic E-state index is 0.170. The number of benzene rings is 1. The summed E-state index contributed by atoms with van der Waals surface area (Å²) in [4.78, 5) is 4.55. The van der Waals surface area contributed by atoms with E-state index in [0.29, 0.717) is 5.56 Å². The van der Waals surface area contributed by atoms with Crippen LogP contribution < -0.4 is 5.48 Å². The number of hydrogen-bond acceptors (Lipinski definition) is 2. The van der Waals surface area contributed by atoms with Crippen molar-refractivity contribution in [3.63, 3.8) is 0 Å². The third-order valence-electron chi connectivity index (χ3n) is 1.50. The number of halogens is 3. The first-order chi connectivity index (χ1) is 6.15. The van der Waals surface area contributed by atoms with Crippen molar-refractivity contribution >= 4 is 11.6 Å². The summed E-state index contributed by atoms with van der Waals surface area (Å²) < 4.78 is 25.3. The van der Waals surface area contributed by atoms with Gasteiger partial charge in [-0.1, -0.05) is 11.6 Å². The van der Waals surface area contributed by atoms with Crippen LogP contribution in [0.4, 0.5) is 8.78 Å². The van der Waals surface area contributed by atoms with Crippen LogP contribution in [-0.2, 0) is 11.4 Å². The van der Waals surface area contributed by atoms with Gasteiger partial charge in [0.25, 0.3) is 0 Å². The Balaban J connectivity index is 2.88. The van der Waals surface area contributed by atoms with Crippen molar-refractivity contribution in [1.82, 2.24) is 5.48 Å². The van der Waals surface area contributed by atoms with Gasteiger partial charge >= 0.3 is 0 Å². The van der Waals surface area contributed by atoms with Crippen molar-refractivity contribution in [1.29, 1.82) is 0 Å². The molecule has 0 radical (unpaired) electrons. The molecule has 2 nitrogen and oxygen atoms in total. The van der Waals surface area contributed by atoms with Crippen molar-refractivity contribution < 1.29 is 13.6 Å². The molecule has 0 fully saturated rings. The highest BCUT2D eigenvalue weighted by Gasteiger charge is 2.07. The molecule has 0 aliphatic rings. The Morgan fingerprint density at radius 3 is 2.62 bits per heavy atom. The largest absolute Gasteiger partial charge is 0.305 e. The highest BCUT2D eigenvalue weighted by molar-refractivity contribution is 6.31. The lowest BCUT2D eigenvalue weighted by molar-refractivity contribution is 0.0866. The van der Waals surface area contributed by atoms with Gasteiger partial charge in [-0.3, -0.25) is 0 Å². The number of rotatable bonds is 3. The third kappa shape index (κ3) is 2.62. The number of hydroxylamine groups is 1. The number of nitrogens with one attached hydrogen (secondary N) is 1. The minimum Gasteiger partial charge on any atom is -0.305 e.